The Labute approximate surface area is 117 Å². The van der Waals surface area contributed by atoms with E-state index in [1.807, 2.05) is 36.1 Å². The predicted octanol–water partition coefficient (Wildman–Crippen LogP) is 2.20. The third-order valence-electron chi connectivity index (χ3n) is 3.79. The summed E-state index contributed by atoms with van der Waals surface area (Å²) in [6.07, 6.45) is 2.29. The van der Waals surface area contributed by atoms with Crippen molar-refractivity contribution in [2.75, 3.05) is 19.7 Å². The van der Waals surface area contributed by atoms with E-state index in [0.717, 1.165) is 30.4 Å². The first kappa shape index (κ1) is 13.1. The summed E-state index contributed by atoms with van der Waals surface area (Å²) in [5.41, 5.74) is 1.39. The van der Waals surface area contributed by atoms with Gasteiger partial charge in [0.15, 0.2) is 5.69 Å². The van der Waals surface area contributed by atoms with E-state index in [-0.39, 0.29) is 12.0 Å². The Kier molecular flexibility index (Phi) is 3.69. The normalized spacial score (nSPS) is 18.6. The highest BCUT2D eigenvalue weighted by atomic mass is 16.5. The van der Waals surface area contributed by atoms with E-state index in [2.05, 4.69) is 10.2 Å². The van der Waals surface area contributed by atoms with Crippen LogP contribution in [0.2, 0.25) is 0 Å². The van der Waals surface area contributed by atoms with E-state index in [4.69, 9.17) is 4.74 Å². The van der Waals surface area contributed by atoms with Crippen LogP contribution in [0.1, 0.15) is 30.3 Å². The number of likely N-dealkylation sites (N-methyl/N-ethyl adjacent to an activating group) is 1. The number of para-hydroxylation sites is 1. The molecule has 1 aromatic heterocycles. The van der Waals surface area contributed by atoms with E-state index >= 15 is 0 Å². The first-order valence-corrected chi connectivity index (χ1v) is 7.13. The lowest BCUT2D eigenvalue weighted by atomic mass is 10.1. The van der Waals surface area contributed by atoms with Gasteiger partial charge in [-0.05, 0) is 25.8 Å². The smallest absolute Gasteiger partial charge is 0.275 e. The molecule has 1 unspecified atom stereocenters. The van der Waals surface area contributed by atoms with Gasteiger partial charge in [-0.25, -0.2) is 0 Å². The topological polar surface area (TPSA) is 58.2 Å². The van der Waals surface area contributed by atoms with Gasteiger partial charge in [0.2, 0.25) is 0 Å². The number of hydrogen-bond donors (Lipinski definition) is 1. The van der Waals surface area contributed by atoms with Crippen molar-refractivity contribution in [1.29, 1.82) is 0 Å². The van der Waals surface area contributed by atoms with E-state index in [0.29, 0.717) is 18.8 Å². The number of nitrogens with one attached hydrogen (secondary N) is 1. The van der Waals surface area contributed by atoms with Gasteiger partial charge in [0, 0.05) is 25.1 Å². The van der Waals surface area contributed by atoms with Crippen molar-refractivity contribution in [2.45, 2.75) is 25.9 Å². The van der Waals surface area contributed by atoms with Crippen LogP contribution in [0.3, 0.4) is 0 Å². The molecule has 0 spiro atoms. The first-order chi connectivity index (χ1) is 9.79. The molecule has 0 saturated carbocycles. The number of nitrogens with zero attached hydrogens (tertiary/aromatic N) is 2. The fraction of sp³-hybridized carbons (Fsp3) is 0.467. The number of carbonyl (C=O) groups excluding carboxylic acids is 1. The molecular formula is C15H19N3O2. The Hall–Kier alpha value is -1.88. The minimum Gasteiger partial charge on any atom is -0.376 e. The molecular weight excluding hydrogens is 254 g/mol. The molecule has 2 heterocycles. The summed E-state index contributed by atoms with van der Waals surface area (Å²) in [5.74, 6) is -0.0274. The Balaban J connectivity index is 1.82. The van der Waals surface area contributed by atoms with Crippen molar-refractivity contribution < 1.29 is 9.53 Å². The van der Waals surface area contributed by atoms with E-state index in [9.17, 15) is 4.79 Å². The highest BCUT2D eigenvalue weighted by Gasteiger charge is 2.24. The second-order valence-electron chi connectivity index (χ2n) is 5.10. The fourth-order valence-electron chi connectivity index (χ4n) is 2.67. The predicted molar refractivity (Wildman–Crippen MR) is 76.6 cm³/mol. The van der Waals surface area contributed by atoms with Crippen LogP contribution >= 0.6 is 0 Å². The van der Waals surface area contributed by atoms with Crippen LogP contribution in [0.5, 0.6) is 0 Å². The lowest BCUT2D eigenvalue weighted by Gasteiger charge is -2.23. The van der Waals surface area contributed by atoms with Crippen molar-refractivity contribution in [1.82, 2.24) is 15.1 Å². The van der Waals surface area contributed by atoms with Crippen molar-refractivity contribution >= 4 is 16.8 Å². The van der Waals surface area contributed by atoms with E-state index < -0.39 is 0 Å². The van der Waals surface area contributed by atoms with Gasteiger partial charge >= 0.3 is 0 Å². The molecule has 0 aliphatic carbocycles. The van der Waals surface area contributed by atoms with Crippen molar-refractivity contribution in [2.24, 2.45) is 0 Å². The molecule has 2 aromatic rings. The van der Waals surface area contributed by atoms with E-state index in [1.54, 1.807) is 0 Å². The molecule has 106 valence electrons. The molecule has 1 aliphatic heterocycles. The van der Waals surface area contributed by atoms with Gasteiger partial charge in [-0.1, -0.05) is 18.2 Å². The summed E-state index contributed by atoms with van der Waals surface area (Å²) >= 11 is 0. The number of H-pyrrole nitrogens is 1. The number of ether oxygens (including phenoxy) is 1. The summed E-state index contributed by atoms with van der Waals surface area (Å²) in [5, 5.41) is 7.97. The number of hydrogen-bond acceptors (Lipinski definition) is 3. The van der Waals surface area contributed by atoms with Gasteiger partial charge < -0.3 is 9.64 Å². The van der Waals surface area contributed by atoms with Gasteiger partial charge in [-0.2, -0.15) is 5.10 Å². The second kappa shape index (κ2) is 5.63. The zero-order chi connectivity index (χ0) is 13.9. The van der Waals surface area contributed by atoms with Crippen LogP contribution in [-0.4, -0.2) is 46.8 Å². The monoisotopic (exact) mass is 273 g/mol. The quantitative estimate of drug-likeness (QED) is 0.929. The Morgan fingerprint density at radius 1 is 1.50 bits per heavy atom. The Bertz CT molecular complexity index is 602. The molecule has 1 fully saturated rings. The largest absolute Gasteiger partial charge is 0.376 e. The van der Waals surface area contributed by atoms with Gasteiger partial charge in [0.25, 0.3) is 5.91 Å². The SMILES string of the molecule is CCN(CC1CCCO1)C(=O)c1n[nH]c2ccccc12. The Morgan fingerprint density at radius 3 is 3.10 bits per heavy atom. The van der Waals surface area contributed by atoms with Gasteiger partial charge in [0.05, 0.1) is 11.6 Å². The molecule has 1 N–H and O–H groups in total. The lowest BCUT2D eigenvalue weighted by Crippen LogP contribution is -2.37. The summed E-state index contributed by atoms with van der Waals surface area (Å²) in [6, 6.07) is 7.70. The fourth-order valence-corrected chi connectivity index (χ4v) is 2.67. The van der Waals surface area contributed by atoms with Gasteiger partial charge in [-0.15, -0.1) is 0 Å². The molecule has 1 aromatic carbocycles. The Morgan fingerprint density at radius 2 is 2.35 bits per heavy atom. The lowest BCUT2D eigenvalue weighted by molar-refractivity contribution is 0.0536. The summed E-state index contributed by atoms with van der Waals surface area (Å²) < 4.78 is 5.62. The molecule has 1 atom stereocenters. The molecule has 3 rings (SSSR count). The van der Waals surface area contributed by atoms with Crippen LogP contribution in [0.4, 0.5) is 0 Å². The number of fused-ring (bicyclic) bond motifs is 1. The summed E-state index contributed by atoms with van der Waals surface area (Å²) in [7, 11) is 0. The third kappa shape index (κ3) is 2.41. The molecule has 1 saturated heterocycles. The molecule has 1 amide bonds. The summed E-state index contributed by atoms with van der Waals surface area (Å²) in [4.78, 5) is 14.4. The van der Waals surface area contributed by atoms with Crippen LogP contribution in [-0.2, 0) is 4.74 Å². The maximum atomic E-state index is 12.6. The zero-order valence-electron chi connectivity index (χ0n) is 11.6. The van der Waals surface area contributed by atoms with Gasteiger partial charge in [0.1, 0.15) is 0 Å². The van der Waals surface area contributed by atoms with Crippen LogP contribution in [0.15, 0.2) is 24.3 Å². The molecule has 1 aliphatic rings. The number of aromatic nitrogens is 2. The minimum absolute atomic E-state index is 0.0274. The maximum Gasteiger partial charge on any atom is 0.275 e. The number of benzene rings is 1. The molecule has 20 heavy (non-hydrogen) atoms. The molecule has 5 nitrogen and oxygen atoms in total. The average Bonchev–Trinajstić information content (AvgIpc) is 3.13. The maximum absolute atomic E-state index is 12.6. The number of amides is 1. The number of aromatic amines is 1. The molecule has 5 heteroatoms. The van der Waals surface area contributed by atoms with Crippen LogP contribution in [0, 0.1) is 0 Å². The van der Waals surface area contributed by atoms with Crippen LogP contribution in [0.25, 0.3) is 10.9 Å². The zero-order valence-corrected chi connectivity index (χ0v) is 11.6. The first-order valence-electron chi connectivity index (χ1n) is 7.13. The summed E-state index contributed by atoms with van der Waals surface area (Å²) in [6.45, 7) is 4.11. The second-order valence-corrected chi connectivity index (χ2v) is 5.10. The number of rotatable bonds is 4. The molecule has 0 bridgehead atoms. The minimum atomic E-state index is -0.0274. The van der Waals surface area contributed by atoms with Crippen molar-refractivity contribution in [3.63, 3.8) is 0 Å². The van der Waals surface area contributed by atoms with Crippen molar-refractivity contribution in [3.05, 3.63) is 30.0 Å². The third-order valence-corrected chi connectivity index (χ3v) is 3.79. The number of carbonyl (C=O) groups is 1. The van der Waals surface area contributed by atoms with Crippen LogP contribution < -0.4 is 0 Å². The standard InChI is InChI=1S/C15H19N3O2/c1-2-18(10-11-6-5-9-20-11)15(19)14-12-7-3-4-8-13(12)16-17-14/h3-4,7-8,11H,2,5-6,9-10H2,1H3,(H,16,17). The van der Waals surface area contributed by atoms with Gasteiger partial charge in [-0.3, -0.25) is 9.89 Å². The van der Waals surface area contributed by atoms with Crippen molar-refractivity contribution in [3.8, 4) is 0 Å². The average molecular weight is 273 g/mol. The highest BCUT2D eigenvalue weighted by molar-refractivity contribution is 6.04. The van der Waals surface area contributed by atoms with E-state index in [1.165, 1.54) is 0 Å². The highest BCUT2D eigenvalue weighted by Crippen LogP contribution is 2.19. The molecule has 0 radical (unpaired) electrons.